The zero-order valence-electron chi connectivity index (χ0n) is 21.5. The molecule has 0 bridgehead atoms. The largest absolute Gasteiger partial charge is 0.374 e. The lowest BCUT2D eigenvalue weighted by Gasteiger charge is -2.30. The van der Waals surface area contributed by atoms with Gasteiger partial charge in [0.1, 0.15) is 0 Å². The molecule has 3 aliphatic rings. The average molecular weight is 508 g/mol. The summed E-state index contributed by atoms with van der Waals surface area (Å²) < 4.78 is 37.8. The Hall–Kier alpha value is -2.33. The van der Waals surface area contributed by atoms with E-state index in [0.717, 1.165) is 76.5 Å². The van der Waals surface area contributed by atoms with Gasteiger partial charge in [-0.3, -0.25) is 4.79 Å². The number of hydrogen-bond donors (Lipinski definition) is 1. The Balaban J connectivity index is 1.09. The van der Waals surface area contributed by atoms with E-state index in [1.165, 1.54) is 12.8 Å². The Labute approximate surface area is 212 Å². The molecule has 0 radical (unpaired) electrons. The van der Waals surface area contributed by atoms with Gasteiger partial charge in [0, 0.05) is 45.3 Å². The number of alkyl halides is 2. The minimum atomic E-state index is -3.09. The van der Waals surface area contributed by atoms with Gasteiger partial charge in [-0.15, -0.1) is 0 Å². The van der Waals surface area contributed by atoms with Crippen molar-refractivity contribution in [3.63, 3.8) is 0 Å². The predicted octanol–water partition coefficient (Wildman–Crippen LogP) is 4.05. The van der Waals surface area contributed by atoms with Gasteiger partial charge in [-0.25, -0.2) is 0 Å². The molecule has 4 rings (SSSR count). The van der Waals surface area contributed by atoms with Crippen molar-refractivity contribution in [3.05, 3.63) is 29.1 Å². The number of carbonyl (C=O) groups excluding carboxylic acids is 1. The second kappa shape index (κ2) is 12.3. The van der Waals surface area contributed by atoms with Crippen molar-refractivity contribution < 1.29 is 22.8 Å². The minimum Gasteiger partial charge on any atom is -0.374 e. The molecule has 0 aromatic carbocycles. The van der Waals surface area contributed by atoms with Crippen LogP contribution in [0.3, 0.4) is 0 Å². The van der Waals surface area contributed by atoms with Crippen LogP contribution in [0.4, 0.5) is 14.8 Å². The molecule has 3 heterocycles. The SMILES string of the molecule is CC1=CC(OCCCC2CCN(c3nc(C(C)(F)F)no3)CC2)CC=C1C(=O)NCCN1CCCC1. The quantitative estimate of drug-likeness (QED) is 0.453. The van der Waals surface area contributed by atoms with Gasteiger partial charge >= 0.3 is 11.9 Å². The molecule has 2 aliphatic heterocycles. The van der Waals surface area contributed by atoms with Crippen LogP contribution in [-0.2, 0) is 15.5 Å². The third-order valence-corrected chi connectivity index (χ3v) is 7.35. The van der Waals surface area contributed by atoms with E-state index >= 15 is 0 Å². The molecule has 2 saturated heterocycles. The van der Waals surface area contributed by atoms with Crippen LogP contribution in [0.15, 0.2) is 27.8 Å². The first-order valence-electron chi connectivity index (χ1n) is 13.3. The first-order valence-corrected chi connectivity index (χ1v) is 13.3. The molecule has 0 spiro atoms. The van der Waals surface area contributed by atoms with Crippen molar-refractivity contribution in [1.29, 1.82) is 0 Å². The molecule has 36 heavy (non-hydrogen) atoms. The van der Waals surface area contributed by atoms with Crippen molar-refractivity contribution in [1.82, 2.24) is 20.4 Å². The molecule has 0 saturated carbocycles. The fourth-order valence-corrected chi connectivity index (χ4v) is 5.19. The molecular weight excluding hydrogens is 468 g/mol. The number of nitrogens with one attached hydrogen (secondary N) is 1. The Morgan fingerprint density at radius 1 is 1.25 bits per heavy atom. The van der Waals surface area contributed by atoms with E-state index < -0.39 is 11.7 Å². The number of hydrogen-bond acceptors (Lipinski definition) is 7. The van der Waals surface area contributed by atoms with E-state index in [9.17, 15) is 13.6 Å². The Morgan fingerprint density at radius 2 is 2.00 bits per heavy atom. The molecule has 10 heteroatoms. The van der Waals surface area contributed by atoms with Crippen LogP contribution in [0.5, 0.6) is 0 Å². The van der Waals surface area contributed by atoms with Crippen LogP contribution in [0.1, 0.15) is 64.6 Å². The van der Waals surface area contributed by atoms with Crippen molar-refractivity contribution in [2.24, 2.45) is 5.92 Å². The number of anilines is 1. The third kappa shape index (κ3) is 7.35. The first kappa shape index (κ1) is 26.7. The fourth-order valence-electron chi connectivity index (χ4n) is 5.19. The highest BCUT2D eigenvalue weighted by molar-refractivity contribution is 5.97. The topological polar surface area (TPSA) is 83.7 Å². The fraction of sp³-hybridized carbons (Fsp3) is 0.731. The van der Waals surface area contributed by atoms with Gasteiger partial charge in [0.05, 0.1) is 6.10 Å². The van der Waals surface area contributed by atoms with Gasteiger partial charge in [-0.2, -0.15) is 13.8 Å². The van der Waals surface area contributed by atoms with Crippen molar-refractivity contribution in [2.45, 2.75) is 70.8 Å². The number of carbonyl (C=O) groups is 1. The molecule has 1 aromatic rings. The number of rotatable bonds is 11. The number of ether oxygens (including phenoxy) is 1. The monoisotopic (exact) mass is 507 g/mol. The maximum atomic E-state index is 13.3. The maximum Gasteiger partial charge on any atom is 0.324 e. The van der Waals surface area contributed by atoms with Gasteiger partial charge < -0.3 is 24.4 Å². The molecule has 200 valence electrons. The Kier molecular flexibility index (Phi) is 9.11. The summed E-state index contributed by atoms with van der Waals surface area (Å²) in [6.45, 7) is 8.75. The lowest BCUT2D eigenvalue weighted by molar-refractivity contribution is -0.117. The lowest BCUT2D eigenvalue weighted by atomic mass is 9.92. The van der Waals surface area contributed by atoms with Gasteiger partial charge in [0.2, 0.25) is 5.82 Å². The van der Waals surface area contributed by atoms with Crippen LogP contribution >= 0.6 is 0 Å². The summed E-state index contributed by atoms with van der Waals surface area (Å²) >= 11 is 0. The molecule has 1 unspecified atom stereocenters. The van der Waals surface area contributed by atoms with Crippen molar-refractivity contribution in [2.75, 3.05) is 50.8 Å². The Bertz CT molecular complexity index is 928. The van der Waals surface area contributed by atoms with E-state index in [1.807, 2.05) is 17.9 Å². The molecule has 1 aromatic heterocycles. The van der Waals surface area contributed by atoms with Crippen molar-refractivity contribution >= 4 is 11.9 Å². The molecule has 1 atom stereocenters. The van der Waals surface area contributed by atoms with Crippen LogP contribution in [0.2, 0.25) is 0 Å². The highest BCUT2D eigenvalue weighted by atomic mass is 19.3. The van der Waals surface area contributed by atoms with E-state index in [4.69, 9.17) is 9.26 Å². The molecule has 8 nitrogen and oxygen atoms in total. The van der Waals surface area contributed by atoms with E-state index in [1.54, 1.807) is 0 Å². The van der Waals surface area contributed by atoms with Gasteiger partial charge in [0.25, 0.3) is 5.91 Å². The van der Waals surface area contributed by atoms with Gasteiger partial charge in [-0.05, 0) is 76.5 Å². The smallest absolute Gasteiger partial charge is 0.324 e. The molecule has 1 amide bonds. The summed E-state index contributed by atoms with van der Waals surface area (Å²) in [5.74, 6) is -3.08. The van der Waals surface area contributed by atoms with Crippen molar-refractivity contribution in [3.8, 4) is 0 Å². The third-order valence-electron chi connectivity index (χ3n) is 7.35. The minimum absolute atomic E-state index is 0.00731. The van der Waals surface area contributed by atoms with E-state index in [0.29, 0.717) is 25.5 Å². The normalized spacial score (nSPS) is 22.0. The highest BCUT2D eigenvalue weighted by Crippen LogP contribution is 2.29. The zero-order chi connectivity index (χ0) is 25.5. The number of likely N-dealkylation sites (tertiary alicyclic amines) is 1. The number of halogens is 2. The summed E-state index contributed by atoms with van der Waals surface area (Å²) in [4.78, 5) is 20.7. The van der Waals surface area contributed by atoms with E-state index in [-0.39, 0.29) is 18.0 Å². The highest BCUT2D eigenvalue weighted by Gasteiger charge is 2.33. The number of amides is 1. The molecule has 1 N–H and O–H groups in total. The standard InChI is InChI=1S/C26H39F2N5O3/c1-19-18-21(7-8-22(19)23(34)29-11-16-32-12-3-4-13-32)35-17-5-6-20-9-14-33(15-10-20)25-30-24(31-36-25)26(2,27)28/h8,18,20-21H,3-7,9-17H2,1-2H3,(H,29,34). The van der Waals surface area contributed by atoms with Crippen LogP contribution in [-0.4, -0.2) is 72.9 Å². The second-order valence-corrected chi connectivity index (χ2v) is 10.3. The van der Waals surface area contributed by atoms with E-state index in [2.05, 4.69) is 26.4 Å². The van der Waals surface area contributed by atoms with Gasteiger partial charge in [-0.1, -0.05) is 17.3 Å². The van der Waals surface area contributed by atoms with Crippen LogP contribution in [0, 0.1) is 5.92 Å². The number of aromatic nitrogens is 2. The van der Waals surface area contributed by atoms with Crippen LogP contribution in [0.25, 0.3) is 0 Å². The number of piperidine rings is 1. The molecular formula is C26H39F2N5O3. The molecule has 2 fully saturated rings. The Morgan fingerprint density at radius 3 is 2.67 bits per heavy atom. The zero-order valence-corrected chi connectivity index (χ0v) is 21.5. The first-order chi connectivity index (χ1) is 17.3. The summed E-state index contributed by atoms with van der Waals surface area (Å²) in [6, 6.07) is 0.181. The molecule has 1 aliphatic carbocycles. The maximum absolute atomic E-state index is 13.3. The lowest BCUT2D eigenvalue weighted by Crippen LogP contribution is -2.35. The predicted molar refractivity (Wildman–Crippen MR) is 133 cm³/mol. The summed E-state index contributed by atoms with van der Waals surface area (Å²) in [7, 11) is 0. The summed E-state index contributed by atoms with van der Waals surface area (Å²) in [5.41, 5.74) is 1.74. The average Bonchev–Trinajstić information content (AvgIpc) is 3.55. The van der Waals surface area contributed by atoms with Crippen LogP contribution < -0.4 is 10.2 Å². The summed E-state index contributed by atoms with van der Waals surface area (Å²) in [5, 5.41) is 6.46. The number of nitrogens with zero attached hydrogens (tertiary/aromatic N) is 4. The summed E-state index contributed by atoms with van der Waals surface area (Å²) in [6.07, 6.45) is 11.3. The van der Waals surface area contributed by atoms with Gasteiger partial charge in [0.15, 0.2) is 0 Å². The second-order valence-electron chi connectivity index (χ2n) is 10.3.